The summed E-state index contributed by atoms with van der Waals surface area (Å²) in [6.07, 6.45) is 58.7. The Morgan fingerprint density at radius 3 is 1.33 bits per heavy atom. The van der Waals surface area contributed by atoms with E-state index in [0.717, 1.165) is 51.4 Å². The smallest absolute Gasteiger partial charge is 0.456 e. The highest BCUT2D eigenvalue weighted by Crippen LogP contribution is 2.43. The molecule has 0 aliphatic carbocycles. The Hall–Kier alpha value is -1.77. The van der Waals surface area contributed by atoms with Crippen molar-refractivity contribution in [1.82, 2.24) is 5.32 Å². The normalized spacial score (nSPS) is 14.0. The fraction of sp³-hybridized carbons (Fsp3) is 0.864. The zero-order valence-electron chi connectivity index (χ0n) is 46.3. The summed E-state index contributed by atoms with van der Waals surface area (Å²) < 4.78 is 30.6. The molecule has 0 saturated heterocycles. The van der Waals surface area contributed by atoms with Crippen LogP contribution in [0.15, 0.2) is 36.5 Å². The number of rotatable bonds is 53. The molecule has 0 saturated carbocycles. The van der Waals surface area contributed by atoms with Crippen molar-refractivity contribution >= 4 is 19.7 Å². The first-order chi connectivity index (χ1) is 33.4. The number of quaternary nitrogens is 1. The van der Waals surface area contributed by atoms with Gasteiger partial charge >= 0.3 is 13.8 Å². The molecular weight excluding hydrogens is 880 g/mol. The van der Waals surface area contributed by atoms with Gasteiger partial charge in [-0.05, 0) is 51.0 Å². The van der Waals surface area contributed by atoms with Crippen LogP contribution >= 0.6 is 7.82 Å². The minimum atomic E-state index is -4.45. The van der Waals surface area contributed by atoms with E-state index in [0.29, 0.717) is 17.4 Å². The van der Waals surface area contributed by atoms with Gasteiger partial charge in [0.2, 0.25) is 5.91 Å². The van der Waals surface area contributed by atoms with E-state index in [2.05, 4.69) is 44.3 Å². The molecule has 0 fully saturated rings. The van der Waals surface area contributed by atoms with E-state index in [1.807, 2.05) is 39.4 Å². The maximum atomic E-state index is 13.4. The predicted molar refractivity (Wildman–Crippen MR) is 296 cm³/mol. The minimum absolute atomic E-state index is 0.0332. The summed E-state index contributed by atoms with van der Waals surface area (Å²) in [6.45, 7) is 6.98. The van der Waals surface area contributed by atoms with Crippen molar-refractivity contribution in [1.29, 1.82) is 0 Å². The summed E-state index contributed by atoms with van der Waals surface area (Å²) in [7, 11) is 1.47. The lowest BCUT2D eigenvalue weighted by atomic mass is 10.0. The van der Waals surface area contributed by atoms with Gasteiger partial charge in [-0.2, -0.15) is 0 Å². The van der Waals surface area contributed by atoms with E-state index in [-0.39, 0.29) is 37.9 Å². The molecule has 9 nitrogen and oxygen atoms in total. The highest BCUT2D eigenvalue weighted by Gasteiger charge is 2.30. The number of phosphoric ester groups is 1. The zero-order valence-corrected chi connectivity index (χ0v) is 47.2. The molecule has 0 aromatic rings. The molecule has 0 rings (SSSR count). The maximum Gasteiger partial charge on any atom is 0.472 e. The number of esters is 1. The van der Waals surface area contributed by atoms with Crippen LogP contribution in [-0.2, 0) is 27.9 Å². The molecule has 0 spiro atoms. The Bertz CT molecular complexity index is 1280. The molecule has 3 unspecified atom stereocenters. The minimum Gasteiger partial charge on any atom is -0.456 e. The number of unbranched alkanes of at least 4 members (excludes halogenated alkanes) is 33. The number of hydrogen-bond acceptors (Lipinski definition) is 6. The number of nitrogens with one attached hydrogen (secondary N) is 1. The number of likely N-dealkylation sites (N-methyl/N-ethyl adjacent to an activating group) is 1. The van der Waals surface area contributed by atoms with Gasteiger partial charge in [-0.25, -0.2) is 4.57 Å². The molecule has 3 atom stereocenters. The summed E-state index contributed by atoms with van der Waals surface area (Å²) in [5.74, 6) is -0.572. The van der Waals surface area contributed by atoms with Crippen LogP contribution in [0.25, 0.3) is 0 Å². The number of carbonyl (C=O) groups excluding carboxylic acids is 2. The van der Waals surface area contributed by atoms with Crippen LogP contribution in [0.4, 0.5) is 0 Å². The average Bonchev–Trinajstić information content (AvgIpc) is 3.31. The second kappa shape index (κ2) is 49.8. The molecule has 0 aromatic carbocycles. The topological polar surface area (TPSA) is 111 Å². The number of nitrogens with zero attached hydrogens (tertiary/aromatic N) is 1. The van der Waals surface area contributed by atoms with Gasteiger partial charge in [0.05, 0.1) is 33.8 Å². The molecule has 1 amide bonds. The quantitative estimate of drug-likeness (QED) is 0.0205. The summed E-state index contributed by atoms with van der Waals surface area (Å²) in [6, 6.07) is -0.873. The number of ether oxygens (including phenoxy) is 1. The summed E-state index contributed by atoms with van der Waals surface area (Å²) in [5.41, 5.74) is 0. The third-order valence-corrected chi connectivity index (χ3v) is 14.1. The van der Waals surface area contributed by atoms with Crippen molar-refractivity contribution in [2.24, 2.45) is 0 Å². The van der Waals surface area contributed by atoms with Crippen LogP contribution in [0, 0.1) is 0 Å². The van der Waals surface area contributed by atoms with Crippen molar-refractivity contribution in [2.75, 3.05) is 40.9 Å². The van der Waals surface area contributed by atoms with Gasteiger partial charge in [-0.3, -0.25) is 18.6 Å². The first-order valence-corrected chi connectivity index (χ1v) is 30.8. The third-order valence-electron chi connectivity index (χ3n) is 13.1. The second-order valence-electron chi connectivity index (χ2n) is 21.2. The van der Waals surface area contributed by atoms with Gasteiger partial charge in [0.25, 0.3) is 0 Å². The predicted octanol–water partition coefficient (Wildman–Crippen LogP) is 17.6. The third kappa shape index (κ3) is 51.0. The monoisotopic (exact) mass is 994 g/mol. The Balaban J connectivity index is 5.38. The lowest BCUT2D eigenvalue weighted by molar-refractivity contribution is -0.870. The van der Waals surface area contributed by atoms with Crippen molar-refractivity contribution < 1.29 is 37.3 Å². The molecule has 2 N–H and O–H groups in total. The van der Waals surface area contributed by atoms with Gasteiger partial charge in [0.1, 0.15) is 19.3 Å². The first-order valence-electron chi connectivity index (χ1n) is 29.3. The molecule has 0 aromatic heterocycles. The van der Waals surface area contributed by atoms with E-state index in [4.69, 9.17) is 13.8 Å². The Morgan fingerprint density at radius 2 is 0.899 bits per heavy atom. The fourth-order valence-corrected chi connectivity index (χ4v) is 9.26. The lowest BCUT2D eigenvalue weighted by Gasteiger charge is -2.27. The molecule has 10 heteroatoms. The van der Waals surface area contributed by atoms with Gasteiger partial charge in [-0.15, -0.1) is 0 Å². The molecule has 0 aliphatic heterocycles. The van der Waals surface area contributed by atoms with Gasteiger partial charge < -0.3 is 19.4 Å². The Labute approximate surface area is 427 Å². The number of phosphoric acid groups is 1. The standard InChI is InChI=1S/C59H113N2O7P/c1-7-10-13-16-19-22-25-28-29-30-31-34-37-40-43-46-49-52-59(63)68-57(50-47-44-41-38-35-32-26-23-20-17-14-11-8-2)56(55-67-69(64,65)66-54-53-61(4,5)6)60-58(62)51-48-45-42-39-36-33-27-24-21-18-15-12-9-3/h33,36,42,45,47,50,56-57H,7-32,34-35,37-41,43-44,46,48-49,51-55H2,1-6H3,(H-,60,62,64,65)/p+1/b36-33-,45-42+,50-47+. The number of amides is 1. The van der Waals surface area contributed by atoms with E-state index >= 15 is 0 Å². The van der Waals surface area contributed by atoms with E-state index in [9.17, 15) is 19.0 Å². The molecule has 406 valence electrons. The molecule has 0 bridgehead atoms. The second-order valence-corrected chi connectivity index (χ2v) is 22.6. The van der Waals surface area contributed by atoms with E-state index < -0.39 is 20.0 Å². The molecule has 0 heterocycles. The van der Waals surface area contributed by atoms with Crippen LogP contribution in [0.1, 0.15) is 278 Å². The van der Waals surface area contributed by atoms with Crippen molar-refractivity contribution in [3.05, 3.63) is 36.5 Å². The molecular formula is C59H114N2O7P+. The van der Waals surface area contributed by atoms with Crippen molar-refractivity contribution in [2.45, 2.75) is 290 Å². The van der Waals surface area contributed by atoms with Gasteiger partial charge in [-0.1, -0.05) is 250 Å². The Morgan fingerprint density at radius 1 is 0.507 bits per heavy atom. The highest BCUT2D eigenvalue weighted by atomic mass is 31.2. The van der Waals surface area contributed by atoms with Crippen molar-refractivity contribution in [3.63, 3.8) is 0 Å². The van der Waals surface area contributed by atoms with Crippen LogP contribution in [0.2, 0.25) is 0 Å². The van der Waals surface area contributed by atoms with Crippen LogP contribution in [-0.4, -0.2) is 74.3 Å². The van der Waals surface area contributed by atoms with Crippen molar-refractivity contribution in [3.8, 4) is 0 Å². The Kier molecular flexibility index (Phi) is 48.5. The summed E-state index contributed by atoms with van der Waals surface area (Å²) in [5, 5.41) is 3.01. The van der Waals surface area contributed by atoms with Crippen LogP contribution in [0.3, 0.4) is 0 Å². The molecule has 69 heavy (non-hydrogen) atoms. The van der Waals surface area contributed by atoms with Gasteiger partial charge in [0, 0.05) is 12.8 Å². The van der Waals surface area contributed by atoms with Crippen LogP contribution < -0.4 is 5.32 Å². The number of carbonyl (C=O) groups is 2. The fourth-order valence-electron chi connectivity index (χ4n) is 8.52. The van der Waals surface area contributed by atoms with Crippen LogP contribution in [0.5, 0.6) is 0 Å². The first kappa shape index (κ1) is 67.2. The highest BCUT2D eigenvalue weighted by molar-refractivity contribution is 7.47. The molecule has 0 radical (unpaired) electrons. The largest absolute Gasteiger partial charge is 0.472 e. The number of hydrogen-bond donors (Lipinski definition) is 2. The SMILES string of the molecule is CCCCCCCC/C=C\C/C=C/CCC(=O)NC(COP(=O)(O)OCC[N+](C)(C)C)C(/C=C/CCCCCCCCCCCCC)OC(=O)CCCCCCCCCCCCCCCCCCC. The lowest BCUT2D eigenvalue weighted by Crippen LogP contribution is -2.47. The summed E-state index contributed by atoms with van der Waals surface area (Å²) >= 11 is 0. The average molecular weight is 995 g/mol. The zero-order chi connectivity index (χ0) is 50.8. The van der Waals surface area contributed by atoms with E-state index in [1.54, 1.807) is 0 Å². The summed E-state index contributed by atoms with van der Waals surface area (Å²) in [4.78, 5) is 37.5. The van der Waals surface area contributed by atoms with Gasteiger partial charge in [0.15, 0.2) is 0 Å². The van der Waals surface area contributed by atoms with E-state index in [1.165, 1.54) is 186 Å². The maximum absolute atomic E-state index is 13.4. The number of allylic oxidation sites excluding steroid dienone is 5. The molecule has 0 aliphatic rings.